The number of benzene rings is 2. The number of aliphatic hydroxyl groups is 1. The zero-order chi connectivity index (χ0) is 16.9. The van der Waals surface area contributed by atoms with Gasteiger partial charge in [0.25, 0.3) is 0 Å². The maximum atomic E-state index is 13.7. The summed E-state index contributed by atoms with van der Waals surface area (Å²) in [4.78, 5) is 0. The monoisotopic (exact) mass is 333 g/mol. The van der Waals surface area contributed by atoms with E-state index in [0.717, 1.165) is 31.1 Å². The first-order valence-electron chi connectivity index (χ1n) is 8.21. The highest BCUT2D eigenvalue weighted by Gasteiger charge is 2.33. The number of para-hydroxylation sites is 1. The minimum Gasteiger partial charge on any atom is -0.488 e. The molecule has 2 aromatic rings. The lowest BCUT2D eigenvalue weighted by Gasteiger charge is -2.35. The third-order valence-corrected chi connectivity index (χ3v) is 4.41. The van der Waals surface area contributed by atoms with Gasteiger partial charge in [-0.1, -0.05) is 30.3 Å². The largest absolute Gasteiger partial charge is 0.488 e. The Balaban J connectivity index is 1.60. The molecule has 1 fully saturated rings. The summed E-state index contributed by atoms with van der Waals surface area (Å²) in [5, 5.41) is 13.7. The second-order valence-corrected chi connectivity index (χ2v) is 6.09. The van der Waals surface area contributed by atoms with Crippen LogP contribution in [0.25, 0.3) is 0 Å². The molecule has 0 heterocycles. The van der Waals surface area contributed by atoms with Crippen LogP contribution in [0.5, 0.6) is 5.75 Å². The van der Waals surface area contributed by atoms with Crippen molar-refractivity contribution in [2.24, 2.45) is 0 Å². The average molecular weight is 333 g/mol. The molecular weight excluding hydrogens is 312 g/mol. The van der Waals surface area contributed by atoms with Gasteiger partial charge in [0.2, 0.25) is 0 Å². The van der Waals surface area contributed by atoms with E-state index in [1.165, 1.54) is 6.07 Å². The van der Waals surface area contributed by atoms with Gasteiger partial charge in [0.1, 0.15) is 18.0 Å². The molecule has 5 heteroatoms. The Morgan fingerprint density at radius 2 is 1.83 bits per heavy atom. The summed E-state index contributed by atoms with van der Waals surface area (Å²) in [7, 11) is 0. The van der Waals surface area contributed by atoms with Crippen molar-refractivity contribution in [3.63, 3.8) is 0 Å². The molecule has 3 rings (SSSR count). The van der Waals surface area contributed by atoms with Gasteiger partial charge >= 0.3 is 0 Å². The summed E-state index contributed by atoms with van der Waals surface area (Å²) < 4.78 is 32.8. The van der Waals surface area contributed by atoms with E-state index in [-0.39, 0.29) is 24.3 Å². The number of nitrogens with one attached hydrogen (secondary N) is 1. The van der Waals surface area contributed by atoms with E-state index in [9.17, 15) is 13.9 Å². The lowest BCUT2D eigenvalue weighted by Crippen LogP contribution is -2.51. The molecule has 0 spiro atoms. The predicted molar refractivity (Wildman–Crippen MR) is 87.7 cm³/mol. The first-order chi connectivity index (χ1) is 11.6. The third kappa shape index (κ3) is 3.91. The number of halogens is 2. The van der Waals surface area contributed by atoms with Crippen LogP contribution < -0.4 is 10.1 Å². The standard InChI is InChI=1S/C19H21F2NO2/c20-15-9-4-6-13(18(15)21)12-22-16-10-5-11-17(19(16)23)24-14-7-2-1-3-8-14/h1-4,6-9,16-17,19,22-23H,5,10-12H2/t16-,17+,19+/m0/s1. The van der Waals surface area contributed by atoms with E-state index in [0.29, 0.717) is 0 Å². The average Bonchev–Trinajstić information content (AvgIpc) is 2.60. The molecule has 0 aromatic heterocycles. The zero-order valence-corrected chi connectivity index (χ0v) is 13.3. The maximum absolute atomic E-state index is 13.7. The minimum absolute atomic E-state index is 0.170. The Bertz CT molecular complexity index is 666. The molecular formula is C19H21F2NO2. The van der Waals surface area contributed by atoms with E-state index < -0.39 is 17.7 Å². The van der Waals surface area contributed by atoms with Gasteiger partial charge in [-0.05, 0) is 37.5 Å². The summed E-state index contributed by atoms with van der Waals surface area (Å²) in [6.45, 7) is 0.170. The molecule has 2 N–H and O–H groups in total. The predicted octanol–water partition coefficient (Wildman–Crippen LogP) is 3.42. The van der Waals surface area contributed by atoms with Crippen molar-refractivity contribution >= 4 is 0 Å². The molecule has 0 bridgehead atoms. The van der Waals surface area contributed by atoms with Gasteiger partial charge in [0.05, 0.1) is 0 Å². The molecule has 1 aliphatic carbocycles. The van der Waals surface area contributed by atoms with Crippen LogP contribution in [-0.2, 0) is 6.54 Å². The van der Waals surface area contributed by atoms with Crippen LogP contribution in [0.2, 0.25) is 0 Å². The summed E-state index contributed by atoms with van der Waals surface area (Å²) in [5.74, 6) is -0.977. The molecule has 2 aromatic carbocycles. The molecule has 0 unspecified atom stereocenters. The van der Waals surface area contributed by atoms with Crippen LogP contribution in [0, 0.1) is 11.6 Å². The second kappa shape index (κ2) is 7.73. The van der Waals surface area contributed by atoms with Gasteiger partial charge in [0, 0.05) is 18.2 Å². The molecule has 0 saturated heterocycles. The molecule has 0 aliphatic heterocycles. The highest BCUT2D eigenvalue weighted by molar-refractivity contribution is 5.22. The zero-order valence-electron chi connectivity index (χ0n) is 13.3. The van der Waals surface area contributed by atoms with Gasteiger partial charge in [-0.2, -0.15) is 0 Å². The van der Waals surface area contributed by atoms with Crippen LogP contribution in [0.4, 0.5) is 8.78 Å². The molecule has 1 saturated carbocycles. The molecule has 3 nitrogen and oxygen atoms in total. The normalized spacial score (nSPS) is 23.9. The number of aliphatic hydroxyl groups excluding tert-OH is 1. The van der Waals surface area contributed by atoms with Crippen LogP contribution in [0.15, 0.2) is 48.5 Å². The SMILES string of the molecule is O[C@@H]1[C@@H](NCc2cccc(F)c2F)CCC[C@H]1Oc1ccccc1. The number of ether oxygens (including phenoxy) is 1. The number of hydrogen-bond donors (Lipinski definition) is 2. The van der Waals surface area contributed by atoms with E-state index in [1.54, 1.807) is 6.07 Å². The summed E-state index contributed by atoms with van der Waals surface area (Å²) in [6, 6.07) is 13.3. The van der Waals surface area contributed by atoms with E-state index in [2.05, 4.69) is 5.32 Å². The lowest BCUT2D eigenvalue weighted by atomic mass is 9.89. The Morgan fingerprint density at radius 1 is 1.04 bits per heavy atom. The number of rotatable bonds is 5. The number of hydrogen-bond acceptors (Lipinski definition) is 3. The Kier molecular flexibility index (Phi) is 5.43. The van der Waals surface area contributed by atoms with Crippen molar-refractivity contribution in [1.82, 2.24) is 5.32 Å². The van der Waals surface area contributed by atoms with Crippen molar-refractivity contribution in [3.8, 4) is 5.75 Å². The molecule has 3 atom stereocenters. The van der Waals surface area contributed by atoms with Crippen LogP contribution >= 0.6 is 0 Å². The first-order valence-corrected chi connectivity index (χ1v) is 8.21. The fraction of sp³-hybridized carbons (Fsp3) is 0.368. The van der Waals surface area contributed by atoms with Gasteiger partial charge in [0.15, 0.2) is 11.6 Å². The van der Waals surface area contributed by atoms with E-state index in [4.69, 9.17) is 4.74 Å². The third-order valence-electron chi connectivity index (χ3n) is 4.41. The van der Waals surface area contributed by atoms with Crippen molar-refractivity contribution in [1.29, 1.82) is 0 Å². The molecule has 24 heavy (non-hydrogen) atoms. The lowest BCUT2D eigenvalue weighted by molar-refractivity contribution is -0.0158. The van der Waals surface area contributed by atoms with Gasteiger partial charge in [-0.25, -0.2) is 8.78 Å². The Hall–Kier alpha value is -1.98. The van der Waals surface area contributed by atoms with Crippen LogP contribution in [0.1, 0.15) is 24.8 Å². The molecule has 0 radical (unpaired) electrons. The molecule has 128 valence electrons. The van der Waals surface area contributed by atoms with E-state index in [1.807, 2.05) is 30.3 Å². The van der Waals surface area contributed by atoms with Crippen molar-refractivity contribution in [2.45, 2.75) is 44.1 Å². The van der Waals surface area contributed by atoms with E-state index >= 15 is 0 Å². The Morgan fingerprint density at radius 3 is 2.62 bits per heavy atom. The highest BCUT2D eigenvalue weighted by Crippen LogP contribution is 2.25. The summed E-state index contributed by atoms with van der Waals surface area (Å²) in [5.41, 5.74) is 0.258. The van der Waals surface area contributed by atoms with Gasteiger partial charge < -0.3 is 15.2 Å². The fourth-order valence-electron chi connectivity index (χ4n) is 3.09. The topological polar surface area (TPSA) is 41.5 Å². The second-order valence-electron chi connectivity index (χ2n) is 6.09. The molecule has 0 amide bonds. The van der Waals surface area contributed by atoms with Gasteiger partial charge in [-0.3, -0.25) is 0 Å². The summed E-state index contributed by atoms with van der Waals surface area (Å²) >= 11 is 0. The molecule has 1 aliphatic rings. The summed E-state index contributed by atoms with van der Waals surface area (Å²) in [6.07, 6.45) is 1.43. The highest BCUT2D eigenvalue weighted by atomic mass is 19.2. The smallest absolute Gasteiger partial charge is 0.163 e. The maximum Gasteiger partial charge on any atom is 0.163 e. The van der Waals surface area contributed by atoms with Crippen LogP contribution in [0.3, 0.4) is 0 Å². The van der Waals surface area contributed by atoms with Crippen molar-refractivity contribution < 1.29 is 18.6 Å². The quantitative estimate of drug-likeness (QED) is 0.881. The van der Waals surface area contributed by atoms with Crippen LogP contribution in [-0.4, -0.2) is 23.4 Å². The van der Waals surface area contributed by atoms with Gasteiger partial charge in [-0.15, -0.1) is 0 Å². The fourth-order valence-corrected chi connectivity index (χ4v) is 3.09. The van der Waals surface area contributed by atoms with Crippen molar-refractivity contribution in [3.05, 3.63) is 65.7 Å². The Labute approximate surface area is 140 Å². The minimum atomic E-state index is -0.858. The van der Waals surface area contributed by atoms with Crippen molar-refractivity contribution in [2.75, 3.05) is 0 Å². The first kappa shape index (κ1) is 16.9.